The van der Waals surface area contributed by atoms with Crippen LogP contribution >= 0.6 is 0 Å². The first kappa shape index (κ1) is 12.7. The van der Waals surface area contributed by atoms with E-state index in [1.54, 1.807) is 13.8 Å². The molecule has 1 aliphatic heterocycles. The van der Waals surface area contributed by atoms with E-state index in [-0.39, 0.29) is 12.2 Å². The molecule has 1 aliphatic rings. The lowest BCUT2D eigenvalue weighted by Gasteiger charge is -2.30. The standard InChI is InChI=1S/C12H18O4/c1-8(2)5-9(13)6-10-7-11(14)16-12(3,4)15-10/h7-8H,5-6H2,1-4H3. The summed E-state index contributed by atoms with van der Waals surface area (Å²) in [4.78, 5) is 22.8. The minimum Gasteiger partial charge on any atom is -0.456 e. The largest absolute Gasteiger partial charge is 0.456 e. The number of cyclic esters (lactones) is 1. The summed E-state index contributed by atoms with van der Waals surface area (Å²) < 4.78 is 10.3. The average Bonchev–Trinajstić information content (AvgIpc) is 1.95. The van der Waals surface area contributed by atoms with Gasteiger partial charge in [0.25, 0.3) is 0 Å². The Morgan fingerprint density at radius 2 is 2.00 bits per heavy atom. The zero-order valence-electron chi connectivity index (χ0n) is 10.2. The highest BCUT2D eigenvalue weighted by atomic mass is 16.7. The molecule has 0 unspecified atom stereocenters. The fourth-order valence-corrected chi connectivity index (χ4v) is 1.58. The molecule has 1 rings (SSSR count). The molecule has 0 N–H and O–H groups in total. The Kier molecular flexibility index (Phi) is 3.73. The van der Waals surface area contributed by atoms with Crippen molar-refractivity contribution < 1.29 is 19.1 Å². The van der Waals surface area contributed by atoms with E-state index in [4.69, 9.17) is 9.47 Å². The Hall–Kier alpha value is -1.32. The van der Waals surface area contributed by atoms with Crippen LogP contribution in [0.25, 0.3) is 0 Å². The summed E-state index contributed by atoms with van der Waals surface area (Å²) in [5, 5.41) is 0. The third-order valence-corrected chi connectivity index (χ3v) is 2.01. The van der Waals surface area contributed by atoms with Gasteiger partial charge in [0.1, 0.15) is 11.5 Å². The normalized spacial score (nSPS) is 18.8. The molecule has 4 heteroatoms. The Balaban J connectivity index is 2.61. The van der Waals surface area contributed by atoms with Gasteiger partial charge < -0.3 is 9.47 Å². The van der Waals surface area contributed by atoms with E-state index in [1.165, 1.54) is 6.08 Å². The molecule has 0 amide bonds. The van der Waals surface area contributed by atoms with E-state index in [0.717, 1.165) is 0 Å². The minimum atomic E-state index is -0.973. The highest BCUT2D eigenvalue weighted by Gasteiger charge is 2.30. The van der Waals surface area contributed by atoms with E-state index in [9.17, 15) is 9.59 Å². The van der Waals surface area contributed by atoms with Crippen LogP contribution in [0.4, 0.5) is 0 Å². The number of ether oxygens (including phenoxy) is 2. The lowest BCUT2D eigenvalue weighted by Crippen LogP contribution is -2.34. The van der Waals surface area contributed by atoms with Gasteiger partial charge in [-0.3, -0.25) is 4.79 Å². The molecule has 90 valence electrons. The second-order valence-corrected chi connectivity index (χ2v) is 4.85. The van der Waals surface area contributed by atoms with Gasteiger partial charge in [-0.1, -0.05) is 13.8 Å². The number of Topliss-reactive ketones (excluding diaryl/α,β-unsaturated/α-hetero) is 1. The van der Waals surface area contributed by atoms with Crippen molar-refractivity contribution in [1.82, 2.24) is 0 Å². The molecule has 0 aliphatic carbocycles. The zero-order valence-corrected chi connectivity index (χ0v) is 10.2. The molecule has 0 aromatic heterocycles. The number of esters is 1. The summed E-state index contributed by atoms with van der Waals surface area (Å²) in [6, 6.07) is 0. The SMILES string of the molecule is CC(C)CC(=O)CC1=CC(=O)OC(C)(C)O1. The monoisotopic (exact) mass is 226 g/mol. The van der Waals surface area contributed by atoms with Gasteiger partial charge in [-0.2, -0.15) is 0 Å². The number of ketones is 1. The van der Waals surface area contributed by atoms with Gasteiger partial charge in [0, 0.05) is 20.3 Å². The van der Waals surface area contributed by atoms with Gasteiger partial charge >= 0.3 is 5.97 Å². The van der Waals surface area contributed by atoms with Crippen molar-refractivity contribution in [2.75, 3.05) is 0 Å². The van der Waals surface area contributed by atoms with Gasteiger partial charge in [-0.15, -0.1) is 0 Å². The number of carbonyl (C=O) groups excluding carboxylic acids is 2. The average molecular weight is 226 g/mol. The van der Waals surface area contributed by atoms with E-state index in [0.29, 0.717) is 18.1 Å². The van der Waals surface area contributed by atoms with E-state index >= 15 is 0 Å². The van der Waals surface area contributed by atoms with Crippen LogP contribution in [0.15, 0.2) is 11.8 Å². The van der Waals surface area contributed by atoms with Crippen molar-refractivity contribution in [3.8, 4) is 0 Å². The molecule has 4 nitrogen and oxygen atoms in total. The van der Waals surface area contributed by atoms with Crippen LogP contribution < -0.4 is 0 Å². The molecule has 16 heavy (non-hydrogen) atoms. The Morgan fingerprint density at radius 1 is 1.38 bits per heavy atom. The minimum absolute atomic E-state index is 0.0757. The van der Waals surface area contributed by atoms with Crippen molar-refractivity contribution in [3.05, 3.63) is 11.8 Å². The van der Waals surface area contributed by atoms with Crippen LogP contribution in [0.5, 0.6) is 0 Å². The number of carbonyl (C=O) groups is 2. The van der Waals surface area contributed by atoms with Crippen molar-refractivity contribution in [2.45, 2.75) is 46.3 Å². The lowest BCUT2D eigenvalue weighted by atomic mass is 10.0. The summed E-state index contributed by atoms with van der Waals surface area (Å²) >= 11 is 0. The van der Waals surface area contributed by atoms with Crippen LogP contribution in [0.1, 0.15) is 40.5 Å². The lowest BCUT2D eigenvalue weighted by molar-refractivity contribution is -0.205. The summed E-state index contributed by atoms with van der Waals surface area (Å²) in [6.45, 7) is 7.24. The van der Waals surface area contributed by atoms with Crippen LogP contribution in [0.3, 0.4) is 0 Å². The number of hydrogen-bond donors (Lipinski definition) is 0. The van der Waals surface area contributed by atoms with Crippen LogP contribution in [0, 0.1) is 5.92 Å². The van der Waals surface area contributed by atoms with E-state index < -0.39 is 11.8 Å². The van der Waals surface area contributed by atoms with Crippen molar-refractivity contribution in [1.29, 1.82) is 0 Å². The first-order valence-corrected chi connectivity index (χ1v) is 5.43. The highest BCUT2D eigenvalue weighted by molar-refractivity contribution is 5.86. The van der Waals surface area contributed by atoms with Crippen molar-refractivity contribution in [3.63, 3.8) is 0 Å². The molecule has 0 aromatic carbocycles. The predicted octanol–water partition coefficient (Wildman–Crippen LogP) is 2.19. The maximum Gasteiger partial charge on any atom is 0.337 e. The second kappa shape index (κ2) is 4.68. The van der Waals surface area contributed by atoms with Crippen LogP contribution in [-0.4, -0.2) is 17.5 Å². The smallest absolute Gasteiger partial charge is 0.337 e. The maximum absolute atomic E-state index is 11.6. The Labute approximate surface area is 95.6 Å². The Morgan fingerprint density at radius 3 is 2.50 bits per heavy atom. The third-order valence-electron chi connectivity index (χ3n) is 2.01. The van der Waals surface area contributed by atoms with Gasteiger partial charge in [0.05, 0.1) is 12.5 Å². The highest BCUT2D eigenvalue weighted by Crippen LogP contribution is 2.24. The summed E-state index contributed by atoms with van der Waals surface area (Å²) in [7, 11) is 0. The topological polar surface area (TPSA) is 52.6 Å². The molecular formula is C12H18O4. The fourth-order valence-electron chi connectivity index (χ4n) is 1.58. The molecule has 0 atom stereocenters. The molecule has 0 spiro atoms. The number of allylic oxidation sites excluding steroid dienone is 1. The van der Waals surface area contributed by atoms with Gasteiger partial charge in [0.15, 0.2) is 0 Å². The molecule has 0 aromatic rings. The van der Waals surface area contributed by atoms with Gasteiger partial charge in [-0.05, 0) is 5.92 Å². The fraction of sp³-hybridized carbons (Fsp3) is 0.667. The first-order valence-electron chi connectivity index (χ1n) is 5.43. The van der Waals surface area contributed by atoms with E-state index in [2.05, 4.69) is 0 Å². The summed E-state index contributed by atoms with van der Waals surface area (Å²) in [6.07, 6.45) is 1.90. The first-order chi connectivity index (χ1) is 7.28. The predicted molar refractivity (Wildman–Crippen MR) is 58.4 cm³/mol. The molecular weight excluding hydrogens is 208 g/mol. The summed E-state index contributed by atoms with van der Waals surface area (Å²) in [5.74, 6) is -0.641. The zero-order chi connectivity index (χ0) is 12.3. The maximum atomic E-state index is 11.6. The molecule has 0 radical (unpaired) electrons. The van der Waals surface area contributed by atoms with Crippen molar-refractivity contribution >= 4 is 11.8 Å². The molecule has 1 heterocycles. The number of rotatable bonds is 4. The molecule has 0 saturated heterocycles. The molecule has 0 saturated carbocycles. The van der Waals surface area contributed by atoms with Crippen LogP contribution in [0.2, 0.25) is 0 Å². The summed E-state index contributed by atoms with van der Waals surface area (Å²) in [5.41, 5.74) is 0. The second-order valence-electron chi connectivity index (χ2n) is 4.85. The number of hydrogen-bond acceptors (Lipinski definition) is 4. The molecule has 0 fully saturated rings. The van der Waals surface area contributed by atoms with Gasteiger partial charge in [0.2, 0.25) is 5.79 Å². The van der Waals surface area contributed by atoms with E-state index in [1.807, 2.05) is 13.8 Å². The Bertz CT molecular complexity index is 326. The van der Waals surface area contributed by atoms with Crippen molar-refractivity contribution in [2.24, 2.45) is 5.92 Å². The third kappa shape index (κ3) is 4.04. The van der Waals surface area contributed by atoms with Gasteiger partial charge in [-0.25, -0.2) is 4.79 Å². The van der Waals surface area contributed by atoms with Crippen LogP contribution in [-0.2, 0) is 19.1 Å². The quantitative estimate of drug-likeness (QED) is 0.689. The molecule has 0 bridgehead atoms.